The van der Waals surface area contributed by atoms with Gasteiger partial charge < -0.3 is 20.5 Å². The molecule has 0 saturated carbocycles. The van der Waals surface area contributed by atoms with Crippen LogP contribution in [0.3, 0.4) is 0 Å². The molecule has 5 heteroatoms. The number of piperidine rings is 1. The molecular formula is C16H24N2O3. The highest BCUT2D eigenvalue weighted by molar-refractivity contribution is 5.68. The van der Waals surface area contributed by atoms with Crippen LogP contribution >= 0.6 is 0 Å². The van der Waals surface area contributed by atoms with Crippen LogP contribution < -0.4 is 5.73 Å². The molecule has 21 heavy (non-hydrogen) atoms. The van der Waals surface area contributed by atoms with Crippen molar-refractivity contribution in [3.8, 4) is 5.75 Å². The molecule has 1 heterocycles. The van der Waals surface area contributed by atoms with Crippen LogP contribution in [0, 0.1) is 0 Å². The predicted molar refractivity (Wildman–Crippen MR) is 82.3 cm³/mol. The minimum absolute atomic E-state index is 0.0990. The fourth-order valence-corrected chi connectivity index (χ4v) is 2.56. The highest BCUT2D eigenvalue weighted by Gasteiger charge is 2.28. The first kappa shape index (κ1) is 15.5. The molecule has 2 rings (SSSR count). The van der Waals surface area contributed by atoms with Gasteiger partial charge in [-0.3, -0.25) is 0 Å². The number of amides is 1. The van der Waals surface area contributed by atoms with Crippen LogP contribution in [0.15, 0.2) is 18.2 Å². The van der Waals surface area contributed by atoms with Gasteiger partial charge in [-0.2, -0.15) is 0 Å². The minimum atomic E-state index is -0.483. The Labute approximate surface area is 125 Å². The molecule has 1 saturated heterocycles. The van der Waals surface area contributed by atoms with Crippen molar-refractivity contribution in [2.24, 2.45) is 0 Å². The summed E-state index contributed by atoms with van der Waals surface area (Å²) in [5.41, 5.74) is 6.53. The number of aromatic hydroxyl groups is 1. The van der Waals surface area contributed by atoms with E-state index in [0.717, 1.165) is 18.4 Å². The Morgan fingerprint density at radius 2 is 2.14 bits per heavy atom. The molecule has 1 amide bonds. The van der Waals surface area contributed by atoms with Gasteiger partial charge in [0.05, 0.1) is 5.69 Å². The van der Waals surface area contributed by atoms with Crippen molar-refractivity contribution < 1.29 is 14.6 Å². The van der Waals surface area contributed by atoms with Crippen molar-refractivity contribution in [1.82, 2.24) is 4.90 Å². The lowest BCUT2D eigenvalue weighted by atomic mass is 9.90. The lowest BCUT2D eigenvalue weighted by molar-refractivity contribution is 0.0198. The summed E-state index contributed by atoms with van der Waals surface area (Å²) < 4.78 is 5.42. The number of nitrogens with two attached hydrogens (primary N) is 1. The number of phenols is 1. The third kappa shape index (κ3) is 4.03. The van der Waals surface area contributed by atoms with Gasteiger partial charge in [0.1, 0.15) is 11.4 Å². The molecule has 0 radical (unpaired) electrons. The van der Waals surface area contributed by atoms with Gasteiger partial charge in [0.2, 0.25) is 0 Å². The Hall–Kier alpha value is -1.91. The highest BCUT2D eigenvalue weighted by Crippen LogP contribution is 2.31. The van der Waals surface area contributed by atoms with E-state index < -0.39 is 5.60 Å². The zero-order valence-electron chi connectivity index (χ0n) is 12.9. The maximum absolute atomic E-state index is 12.1. The molecule has 1 aromatic carbocycles. The van der Waals surface area contributed by atoms with Crippen LogP contribution in [0.25, 0.3) is 0 Å². The summed E-state index contributed by atoms with van der Waals surface area (Å²) in [5.74, 6) is 0.305. The largest absolute Gasteiger partial charge is 0.506 e. The number of carbonyl (C=O) groups is 1. The molecule has 0 bridgehead atoms. The summed E-state index contributed by atoms with van der Waals surface area (Å²) in [5, 5.41) is 9.73. The van der Waals surface area contributed by atoms with Gasteiger partial charge in [0, 0.05) is 19.0 Å². The standard InChI is InChI=1S/C16H24N2O3/c1-16(2,3)21-15(20)18-8-4-5-12(10-18)11-6-7-13(17)14(19)9-11/h6-7,9,12,19H,4-5,8,10,17H2,1-3H3. The zero-order valence-corrected chi connectivity index (χ0v) is 12.9. The third-order valence-corrected chi connectivity index (χ3v) is 3.60. The number of nitrogen functional groups attached to an aromatic ring is 1. The third-order valence-electron chi connectivity index (χ3n) is 3.60. The second-order valence-electron chi connectivity index (χ2n) is 6.58. The number of ether oxygens (including phenoxy) is 1. The Morgan fingerprint density at radius 1 is 1.43 bits per heavy atom. The van der Waals surface area contributed by atoms with Crippen molar-refractivity contribution in [3.63, 3.8) is 0 Å². The molecule has 5 nitrogen and oxygen atoms in total. The van der Waals surface area contributed by atoms with Crippen molar-refractivity contribution in [2.75, 3.05) is 18.8 Å². The smallest absolute Gasteiger partial charge is 0.410 e. The summed E-state index contributed by atoms with van der Waals surface area (Å²) in [6.45, 7) is 6.92. The summed E-state index contributed by atoms with van der Waals surface area (Å²) in [4.78, 5) is 13.9. The fourth-order valence-electron chi connectivity index (χ4n) is 2.56. The minimum Gasteiger partial charge on any atom is -0.506 e. The summed E-state index contributed by atoms with van der Waals surface area (Å²) in [6.07, 6.45) is 1.64. The molecule has 1 unspecified atom stereocenters. The van der Waals surface area contributed by atoms with E-state index in [4.69, 9.17) is 10.5 Å². The quantitative estimate of drug-likeness (QED) is 0.616. The average Bonchev–Trinajstić information content (AvgIpc) is 2.40. The second kappa shape index (κ2) is 5.84. The van der Waals surface area contributed by atoms with Gasteiger partial charge in [-0.25, -0.2) is 4.79 Å². The fraction of sp³-hybridized carbons (Fsp3) is 0.562. The first-order valence-corrected chi connectivity index (χ1v) is 7.32. The SMILES string of the molecule is CC(C)(C)OC(=O)N1CCCC(c2ccc(N)c(O)c2)C1. The Kier molecular flexibility index (Phi) is 4.30. The summed E-state index contributed by atoms with van der Waals surface area (Å²) >= 11 is 0. The Bertz CT molecular complexity index is 523. The number of carbonyl (C=O) groups excluding carboxylic acids is 1. The molecule has 1 aliphatic heterocycles. The molecule has 1 fully saturated rings. The molecule has 0 spiro atoms. The molecule has 3 N–H and O–H groups in total. The van der Waals surface area contributed by atoms with E-state index in [9.17, 15) is 9.90 Å². The second-order valence-corrected chi connectivity index (χ2v) is 6.58. The van der Waals surface area contributed by atoms with E-state index in [1.165, 1.54) is 0 Å². The van der Waals surface area contributed by atoms with Gasteiger partial charge in [-0.15, -0.1) is 0 Å². The number of anilines is 1. The van der Waals surface area contributed by atoms with Gasteiger partial charge >= 0.3 is 6.09 Å². The van der Waals surface area contributed by atoms with Crippen LogP contribution in [0.5, 0.6) is 5.75 Å². The number of nitrogens with zero attached hydrogens (tertiary/aromatic N) is 1. The number of hydrogen-bond acceptors (Lipinski definition) is 4. The number of phenolic OH excluding ortho intramolecular Hbond substituents is 1. The first-order chi connectivity index (χ1) is 9.76. The van der Waals surface area contributed by atoms with Gasteiger partial charge in [0.15, 0.2) is 0 Å². The normalized spacial score (nSPS) is 19.4. The van der Waals surface area contributed by atoms with E-state index in [1.807, 2.05) is 26.8 Å². The van der Waals surface area contributed by atoms with Crippen LogP contribution in [0.4, 0.5) is 10.5 Å². The maximum atomic E-state index is 12.1. The molecule has 116 valence electrons. The lowest BCUT2D eigenvalue weighted by Crippen LogP contribution is -2.42. The van der Waals surface area contributed by atoms with Gasteiger partial charge in [-0.1, -0.05) is 6.07 Å². The van der Waals surface area contributed by atoms with E-state index in [-0.39, 0.29) is 17.8 Å². The lowest BCUT2D eigenvalue weighted by Gasteiger charge is -2.34. The summed E-state index contributed by atoms with van der Waals surface area (Å²) in [6, 6.07) is 5.31. The Morgan fingerprint density at radius 3 is 2.76 bits per heavy atom. The van der Waals surface area contributed by atoms with Gasteiger partial charge in [-0.05, 0) is 51.3 Å². The Balaban J connectivity index is 2.06. The molecule has 0 aliphatic carbocycles. The maximum Gasteiger partial charge on any atom is 0.410 e. The van der Waals surface area contributed by atoms with E-state index in [1.54, 1.807) is 17.0 Å². The molecule has 1 aromatic rings. The van der Waals surface area contributed by atoms with Crippen molar-refractivity contribution in [2.45, 2.75) is 45.1 Å². The van der Waals surface area contributed by atoms with Crippen molar-refractivity contribution >= 4 is 11.8 Å². The van der Waals surface area contributed by atoms with Crippen LogP contribution in [0.1, 0.15) is 45.1 Å². The average molecular weight is 292 g/mol. The predicted octanol–water partition coefficient (Wildman–Crippen LogP) is 3.09. The van der Waals surface area contributed by atoms with E-state index in [0.29, 0.717) is 18.8 Å². The molecule has 0 aromatic heterocycles. The van der Waals surface area contributed by atoms with E-state index >= 15 is 0 Å². The molecular weight excluding hydrogens is 268 g/mol. The van der Waals surface area contributed by atoms with Crippen molar-refractivity contribution in [3.05, 3.63) is 23.8 Å². The summed E-state index contributed by atoms with van der Waals surface area (Å²) in [7, 11) is 0. The number of rotatable bonds is 1. The van der Waals surface area contributed by atoms with Crippen molar-refractivity contribution in [1.29, 1.82) is 0 Å². The van der Waals surface area contributed by atoms with Crippen LogP contribution in [-0.4, -0.2) is 34.8 Å². The first-order valence-electron chi connectivity index (χ1n) is 7.32. The highest BCUT2D eigenvalue weighted by atomic mass is 16.6. The van der Waals surface area contributed by atoms with Gasteiger partial charge in [0.25, 0.3) is 0 Å². The van der Waals surface area contributed by atoms with Crippen LogP contribution in [-0.2, 0) is 4.74 Å². The number of benzene rings is 1. The zero-order chi connectivity index (χ0) is 15.6. The molecule has 1 atom stereocenters. The van der Waals surface area contributed by atoms with E-state index in [2.05, 4.69) is 0 Å². The topological polar surface area (TPSA) is 75.8 Å². The monoisotopic (exact) mass is 292 g/mol. The number of hydrogen-bond donors (Lipinski definition) is 2. The number of likely N-dealkylation sites (tertiary alicyclic amines) is 1. The molecule has 1 aliphatic rings. The van der Waals surface area contributed by atoms with Crippen LogP contribution in [0.2, 0.25) is 0 Å².